The molecule has 0 saturated heterocycles. The highest BCUT2D eigenvalue weighted by Gasteiger charge is 2.29. The molecule has 0 aliphatic heterocycles. The van der Waals surface area contributed by atoms with E-state index in [1.807, 2.05) is 6.07 Å². The number of carboxylic acids is 1. The number of halogens is 4. The quantitative estimate of drug-likeness (QED) is 0.319. The SMILES string of the molecule is CC(C(=O)O)[C@H]1CC[C@H](c2ccc(NC(=O)c3nnc(Nc4cc(F)c(F)cc4F)o3)c(Cl)c2)CC1. The Morgan fingerprint density at radius 3 is 2.39 bits per heavy atom. The van der Waals surface area contributed by atoms with Gasteiger partial charge in [0.2, 0.25) is 0 Å². The molecule has 1 saturated carbocycles. The number of rotatable bonds is 7. The van der Waals surface area contributed by atoms with Crippen molar-refractivity contribution < 1.29 is 32.3 Å². The Kier molecular flexibility index (Phi) is 7.48. The van der Waals surface area contributed by atoms with Gasteiger partial charge in [-0.05, 0) is 55.2 Å². The summed E-state index contributed by atoms with van der Waals surface area (Å²) in [6, 6.07) is 5.78. The van der Waals surface area contributed by atoms with Gasteiger partial charge in [0.15, 0.2) is 11.6 Å². The third-order valence-corrected chi connectivity index (χ3v) is 6.76. The zero-order chi connectivity index (χ0) is 26.0. The third-order valence-electron chi connectivity index (χ3n) is 6.45. The van der Waals surface area contributed by atoms with Gasteiger partial charge in [0, 0.05) is 12.1 Å². The molecule has 1 heterocycles. The van der Waals surface area contributed by atoms with E-state index in [4.69, 9.17) is 16.0 Å². The van der Waals surface area contributed by atoms with E-state index in [-0.39, 0.29) is 17.8 Å². The number of aromatic nitrogens is 2. The highest BCUT2D eigenvalue weighted by molar-refractivity contribution is 6.34. The lowest BCUT2D eigenvalue weighted by atomic mass is 9.74. The molecular formula is C24H22ClF3N4O4. The molecule has 0 spiro atoms. The minimum Gasteiger partial charge on any atom is -0.481 e. The van der Waals surface area contributed by atoms with Crippen LogP contribution in [0.2, 0.25) is 5.02 Å². The number of hydrogen-bond donors (Lipinski definition) is 3. The fourth-order valence-corrected chi connectivity index (χ4v) is 4.55. The zero-order valence-electron chi connectivity index (χ0n) is 19.0. The van der Waals surface area contributed by atoms with E-state index in [2.05, 4.69) is 20.8 Å². The van der Waals surface area contributed by atoms with Gasteiger partial charge in [-0.25, -0.2) is 13.2 Å². The Labute approximate surface area is 208 Å². The Morgan fingerprint density at radius 2 is 1.72 bits per heavy atom. The normalized spacial score (nSPS) is 18.5. The van der Waals surface area contributed by atoms with Crippen molar-refractivity contribution in [3.05, 3.63) is 64.3 Å². The van der Waals surface area contributed by atoms with Crippen LogP contribution in [-0.4, -0.2) is 27.2 Å². The van der Waals surface area contributed by atoms with Gasteiger partial charge < -0.3 is 20.2 Å². The molecule has 1 fully saturated rings. The zero-order valence-corrected chi connectivity index (χ0v) is 19.8. The molecular weight excluding hydrogens is 501 g/mol. The van der Waals surface area contributed by atoms with E-state index >= 15 is 0 Å². The monoisotopic (exact) mass is 522 g/mol. The maximum absolute atomic E-state index is 13.8. The van der Waals surface area contributed by atoms with E-state index in [9.17, 15) is 27.9 Å². The van der Waals surface area contributed by atoms with Gasteiger partial charge in [0.05, 0.1) is 22.3 Å². The average molecular weight is 523 g/mol. The van der Waals surface area contributed by atoms with Gasteiger partial charge in [-0.3, -0.25) is 9.59 Å². The van der Waals surface area contributed by atoms with Crippen molar-refractivity contribution in [3.8, 4) is 0 Å². The highest BCUT2D eigenvalue weighted by atomic mass is 35.5. The summed E-state index contributed by atoms with van der Waals surface area (Å²) in [5.41, 5.74) is 0.852. The van der Waals surface area contributed by atoms with Crippen molar-refractivity contribution in [2.24, 2.45) is 11.8 Å². The third kappa shape index (κ3) is 5.62. The number of benzene rings is 2. The van der Waals surface area contributed by atoms with Crippen molar-refractivity contribution in [3.63, 3.8) is 0 Å². The van der Waals surface area contributed by atoms with Gasteiger partial charge in [-0.1, -0.05) is 29.7 Å². The van der Waals surface area contributed by atoms with Crippen LogP contribution < -0.4 is 10.6 Å². The Hall–Kier alpha value is -3.60. The van der Waals surface area contributed by atoms with Crippen LogP contribution in [0, 0.1) is 29.3 Å². The second-order valence-electron chi connectivity index (χ2n) is 8.72. The summed E-state index contributed by atoms with van der Waals surface area (Å²) in [4.78, 5) is 23.7. The Bertz CT molecular complexity index is 1290. The lowest BCUT2D eigenvalue weighted by molar-refractivity contribution is -0.143. The van der Waals surface area contributed by atoms with Gasteiger partial charge >= 0.3 is 23.8 Å². The Morgan fingerprint density at radius 1 is 1.03 bits per heavy atom. The number of nitrogens with zero attached hydrogens (tertiary/aromatic N) is 2. The second kappa shape index (κ2) is 10.6. The van der Waals surface area contributed by atoms with Crippen molar-refractivity contribution in [1.82, 2.24) is 10.2 Å². The second-order valence-corrected chi connectivity index (χ2v) is 9.12. The Balaban J connectivity index is 1.38. The minimum absolute atomic E-state index is 0.153. The first-order valence-corrected chi connectivity index (χ1v) is 11.6. The molecule has 36 heavy (non-hydrogen) atoms. The molecule has 190 valence electrons. The molecule has 8 nitrogen and oxygen atoms in total. The van der Waals surface area contributed by atoms with Crippen LogP contribution in [0.4, 0.5) is 30.6 Å². The fourth-order valence-electron chi connectivity index (χ4n) is 4.32. The first kappa shape index (κ1) is 25.5. The van der Waals surface area contributed by atoms with Crippen LogP contribution >= 0.6 is 11.6 Å². The number of amides is 1. The largest absolute Gasteiger partial charge is 0.481 e. The molecule has 2 aromatic carbocycles. The average Bonchev–Trinajstić information content (AvgIpc) is 3.32. The topological polar surface area (TPSA) is 117 Å². The molecule has 1 amide bonds. The molecule has 0 radical (unpaired) electrons. The van der Waals surface area contributed by atoms with Crippen LogP contribution in [0.15, 0.2) is 34.7 Å². The molecule has 1 unspecified atom stereocenters. The number of anilines is 3. The first-order chi connectivity index (χ1) is 17.1. The summed E-state index contributed by atoms with van der Waals surface area (Å²) in [7, 11) is 0. The number of carbonyl (C=O) groups is 2. The summed E-state index contributed by atoms with van der Waals surface area (Å²) in [6.45, 7) is 1.74. The van der Waals surface area contributed by atoms with Gasteiger partial charge in [0.25, 0.3) is 0 Å². The van der Waals surface area contributed by atoms with Gasteiger partial charge in [0.1, 0.15) is 5.82 Å². The molecule has 4 rings (SSSR count). The minimum atomic E-state index is -1.35. The van der Waals surface area contributed by atoms with Crippen LogP contribution in [0.3, 0.4) is 0 Å². The summed E-state index contributed by atoms with van der Waals surface area (Å²) >= 11 is 6.38. The van der Waals surface area contributed by atoms with Crippen molar-refractivity contribution in [1.29, 1.82) is 0 Å². The number of carboxylic acid groups (broad SMARTS) is 1. The van der Waals surface area contributed by atoms with Crippen LogP contribution in [0.1, 0.15) is 54.8 Å². The number of hydrogen-bond acceptors (Lipinski definition) is 6. The van der Waals surface area contributed by atoms with Gasteiger partial charge in [-0.2, -0.15) is 0 Å². The summed E-state index contributed by atoms with van der Waals surface area (Å²) in [5, 5.41) is 21.5. The van der Waals surface area contributed by atoms with E-state index in [0.29, 0.717) is 22.8 Å². The van der Waals surface area contributed by atoms with E-state index in [0.717, 1.165) is 31.2 Å². The molecule has 0 bridgehead atoms. The smallest absolute Gasteiger partial charge is 0.320 e. The number of nitrogens with one attached hydrogen (secondary N) is 2. The lowest BCUT2D eigenvalue weighted by Gasteiger charge is -2.31. The standard InChI is InChI=1S/C24H22ClF3N4O4/c1-11(23(34)35)12-2-4-13(5-3-12)14-6-7-19(15(25)8-14)29-21(33)22-31-32-24(36-22)30-20-10-17(27)16(26)9-18(20)28/h6-13H,2-5H2,1H3,(H,29,33)(H,30,32)(H,34,35)/t11?,12-,13-. The fraction of sp³-hybridized carbons (Fsp3) is 0.333. The molecule has 3 N–H and O–H groups in total. The van der Waals surface area contributed by atoms with Crippen molar-refractivity contribution in [2.75, 3.05) is 10.6 Å². The van der Waals surface area contributed by atoms with Crippen molar-refractivity contribution in [2.45, 2.75) is 38.5 Å². The predicted octanol–water partition coefficient (Wildman–Crippen LogP) is 6.13. The molecule has 1 aliphatic carbocycles. The predicted molar refractivity (Wildman–Crippen MR) is 125 cm³/mol. The maximum atomic E-state index is 13.8. The number of carbonyl (C=O) groups excluding carboxylic acids is 1. The van der Waals surface area contributed by atoms with Crippen LogP contribution in [-0.2, 0) is 4.79 Å². The highest BCUT2D eigenvalue weighted by Crippen LogP contribution is 2.40. The van der Waals surface area contributed by atoms with Crippen LogP contribution in [0.5, 0.6) is 0 Å². The molecule has 12 heteroatoms. The maximum Gasteiger partial charge on any atom is 0.320 e. The molecule has 3 aromatic rings. The van der Waals surface area contributed by atoms with Gasteiger partial charge in [-0.15, -0.1) is 5.10 Å². The summed E-state index contributed by atoms with van der Waals surface area (Å²) in [5.74, 6) is -5.72. The molecule has 1 aromatic heterocycles. The lowest BCUT2D eigenvalue weighted by Crippen LogP contribution is -2.24. The van der Waals surface area contributed by atoms with E-state index in [1.165, 1.54) is 0 Å². The van der Waals surface area contributed by atoms with E-state index in [1.54, 1.807) is 19.1 Å². The van der Waals surface area contributed by atoms with Crippen LogP contribution in [0.25, 0.3) is 0 Å². The molecule has 1 atom stereocenters. The summed E-state index contributed by atoms with van der Waals surface area (Å²) < 4.78 is 45.4. The molecule has 1 aliphatic rings. The van der Waals surface area contributed by atoms with Crippen molar-refractivity contribution >= 4 is 40.9 Å². The number of aliphatic carboxylic acids is 1. The van der Waals surface area contributed by atoms with E-state index < -0.39 is 46.9 Å². The first-order valence-electron chi connectivity index (χ1n) is 11.2. The summed E-state index contributed by atoms with van der Waals surface area (Å²) in [6.07, 6.45) is 3.33.